The van der Waals surface area contributed by atoms with Gasteiger partial charge in [-0.25, -0.2) is 4.79 Å². The van der Waals surface area contributed by atoms with Crippen LogP contribution in [-0.2, 0) is 14.3 Å². The van der Waals surface area contributed by atoms with Gasteiger partial charge in [0.1, 0.15) is 0 Å². The molecule has 0 aliphatic carbocycles. The Hall–Kier alpha value is -2.19. The highest BCUT2D eigenvalue weighted by atomic mass is 35.5. The van der Waals surface area contributed by atoms with Crippen LogP contribution in [0.25, 0.3) is 6.08 Å². The van der Waals surface area contributed by atoms with E-state index in [0.717, 1.165) is 0 Å². The van der Waals surface area contributed by atoms with E-state index in [1.165, 1.54) is 26.0 Å². The fraction of sp³-hybridized carbons (Fsp3) is 0.450. The molecule has 7 nitrogen and oxygen atoms in total. The number of carbonyl (C=O) groups excluding carboxylic acids is 2. The van der Waals surface area contributed by atoms with Gasteiger partial charge in [-0.1, -0.05) is 11.6 Å². The number of rotatable bonds is 7. The Labute approximate surface area is 180 Å². The van der Waals surface area contributed by atoms with Crippen LogP contribution in [0.3, 0.4) is 0 Å². The Morgan fingerprint density at radius 3 is 2.52 bits per heavy atom. The standard InChI is InChI=1S/C20H25ClN2O5S/c1-11(2)22-20-23(12(3)4)19(25)16(29-20)9-13-7-14(21)18(15(8-13)26-5)28-10-17(24)27-6/h7-9,11-12H,10H2,1-6H3/b16-9+,22-20?. The van der Waals surface area contributed by atoms with Crippen LogP contribution >= 0.6 is 23.4 Å². The van der Waals surface area contributed by atoms with Gasteiger partial charge in [0.15, 0.2) is 23.3 Å². The molecule has 9 heteroatoms. The fourth-order valence-corrected chi connectivity index (χ4v) is 4.06. The summed E-state index contributed by atoms with van der Waals surface area (Å²) < 4.78 is 15.3. The predicted molar refractivity (Wildman–Crippen MR) is 116 cm³/mol. The molecule has 0 atom stereocenters. The number of esters is 1. The van der Waals surface area contributed by atoms with Gasteiger partial charge in [0.25, 0.3) is 5.91 Å². The molecule has 0 bridgehead atoms. The molecule has 1 amide bonds. The minimum atomic E-state index is -0.534. The van der Waals surface area contributed by atoms with Crippen LogP contribution in [0.2, 0.25) is 5.02 Å². The Morgan fingerprint density at radius 2 is 1.97 bits per heavy atom. The van der Waals surface area contributed by atoms with Crippen LogP contribution in [0.5, 0.6) is 11.5 Å². The van der Waals surface area contributed by atoms with Gasteiger partial charge in [-0.15, -0.1) is 0 Å². The first-order chi connectivity index (χ1) is 13.7. The van der Waals surface area contributed by atoms with Crippen LogP contribution in [0, 0.1) is 0 Å². The normalized spacial score (nSPS) is 17.0. The van der Waals surface area contributed by atoms with E-state index in [0.29, 0.717) is 21.4 Å². The number of ether oxygens (including phenoxy) is 3. The number of amides is 1. The summed E-state index contributed by atoms with van der Waals surface area (Å²) in [4.78, 5) is 31.0. The molecule has 1 aromatic rings. The van der Waals surface area contributed by atoms with Crippen molar-refractivity contribution in [1.82, 2.24) is 4.90 Å². The minimum absolute atomic E-state index is 0.00868. The molecule has 1 heterocycles. The fourth-order valence-electron chi connectivity index (χ4n) is 2.56. The summed E-state index contributed by atoms with van der Waals surface area (Å²) in [5.74, 6) is -0.0583. The molecule has 0 N–H and O–H groups in total. The van der Waals surface area contributed by atoms with Gasteiger partial charge < -0.3 is 14.2 Å². The molecule has 0 unspecified atom stereocenters. The summed E-state index contributed by atoms with van der Waals surface area (Å²) in [5, 5.41) is 0.940. The van der Waals surface area contributed by atoms with Crippen LogP contribution in [0.1, 0.15) is 33.3 Å². The summed E-state index contributed by atoms with van der Waals surface area (Å²) in [6, 6.07) is 3.41. The van der Waals surface area contributed by atoms with E-state index in [-0.39, 0.29) is 35.4 Å². The number of methoxy groups -OCH3 is 2. The van der Waals surface area contributed by atoms with Gasteiger partial charge in [0, 0.05) is 12.1 Å². The predicted octanol–water partition coefficient (Wildman–Crippen LogP) is 3.99. The Morgan fingerprint density at radius 1 is 1.28 bits per heavy atom. The second kappa shape index (κ2) is 10.0. The van der Waals surface area contributed by atoms with Gasteiger partial charge in [0.2, 0.25) is 0 Å². The third kappa shape index (κ3) is 5.67. The van der Waals surface area contributed by atoms with E-state index >= 15 is 0 Å². The summed E-state index contributed by atoms with van der Waals surface area (Å²) >= 11 is 7.66. The minimum Gasteiger partial charge on any atom is -0.493 e. The molecular formula is C20H25ClN2O5S. The van der Waals surface area contributed by atoms with Gasteiger partial charge in [-0.3, -0.25) is 14.7 Å². The van der Waals surface area contributed by atoms with Crippen molar-refractivity contribution in [3.8, 4) is 11.5 Å². The molecule has 29 heavy (non-hydrogen) atoms. The Kier molecular flexibility index (Phi) is 7.98. The molecule has 0 radical (unpaired) electrons. The van der Waals surface area contributed by atoms with Crippen molar-refractivity contribution in [3.05, 3.63) is 27.6 Å². The molecule has 1 aliphatic heterocycles. The SMILES string of the molecule is COC(=O)COc1c(Cl)cc(/C=C2/SC(=NC(C)C)N(C(C)C)C2=O)cc1OC. The summed E-state index contributed by atoms with van der Waals surface area (Å²) in [7, 11) is 2.74. The molecule has 1 aromatic carbocycles. The number of amidine groups is 1. The second-order valence-corrected chi connectivity index (χ2v) is 8.20. The Balaban J connectivity index is 2.37. The topological polar surface area (TPSA) is 77.4 Å². The lowest BCUT2D eigenvalue weighted by Gasteiger charge is -2.20. The van der Waals surface area contributed by atoms with Crippen molar-refractivity contribution < 1.29 is 23.8 Å². The number of nitrogens with zero attached hydrogens (tertiary/aromatic N) is 2. The van der Waals surface area contributed by atoms with Crippen molar-refractivity contribution in [1.29, 1.82) is 0 Å². The van der Waals surface area contributed by atoms with Crippen molar-refractivity contribution in [2.24, 2.45) is 4.99 Å². The third-order valence-corrected chi connectivity index (χ3v) is 5.11. The molecule has 1 aliphatic rings. The van der Waals surface area contributed by atoms with E-state index < -0.39 is 5.97 Å². The molecular weight excluding hydrogens is 416 g/mol. The van der Waals surface area contributed by atoms with Crippen LogP contribution in [-0.4, -0.2) is 54.9 Å². The Bertz CT molecular complexity index is 852. The molecule has 1 saturated heterocycles. The average molecular weight is 441 g/mol. The zero-order valence-corrected chi connectivity index (χ0v) is 18.9. The maximum Gasteiger partial charge on any atom is 0.343 e. The number of aliphatic imine (C=N–C) groups is 1. The lowest BCUT2D eigenvalue weighted by molar-refractivity contribution is -0.142. The van der Waals surface area contributed by atoms with Crippen LogP contribution < -0.4 is 9.47 Å². The van der Waals surface area contributed by atoms with Gasteiger partial charge in [-0.2, -0.15) is 0 Å². The lowest BCUT2D eigenvalue weighted by Crippen LogP contribution is -2.35. The highest BCUT2D eigenvalue weighted by Gasteiger charge is 2.35. The van der Waals surface area contributed by atoms with Crippen molar-refractivity contribution in [2.75, 3.05) is 20.8 Å². The molecule has 2 rings (SSSR count). The highest BCUT2D eigenvalue weighted by molar-refractivity contribution is 8.18. The molecule has 0 spiro atoms. The molecule has 1 fully saturated rings. The summed E-state index contributed by atoms with van der Waals surface area (Å²) in [6.45, 7) is 7.54. The molecule has 158 valence electrons. The first kappa shape index (κ1) is 23.1. The van der Waals surface area contributed by atoms with E-state index in [2.05, 4.69) is 9.73 Å². The largest absolute Gasteiger partial charge is 0.493 e. The summed E-state index contributed by atoms with van der Waals surface area (Å²) in [6.07, 6.45) is 1.74. The van der Waals surface area contributed by atoms with Crippen LogP contribution in [0.15, 0.2) is 22.0 Å². The van der Waals surface area contributed by atoms with Crippen LogP contribution in [0.4, 0.5) is 0 Å². The number of hydrogen-bond donors (Lipinski definition) is 0. The first-order valence-electron chi connectivity index (χ1n) is 9.06. The van der Waals surface area contributed by atoms with Crippen molar-refractivity contribution >= 4 is 46.5 Å². The van der Waals surface area contributed by atoms with E-state index in [1.807, 2.05) is 27.7 Å². The van der Waals surface area contributed by atoms with Crippen molar-refractivity contribution in [3.63, 3.8) is 0 Å². The maximum absolute atomic E-state index is 12.9. The monoisotopic (exact) mass is 440 g/mol. The highest BCUT2D eigenvalue weighted by Crippen LogP contribution is 2.39. The first-order valence-corrected chi connectivity index (χ1v) is 10.2. The quantitative estimate of drug-likeness (QED) is 0.471. The van der Waals surface area contributed by atoms with Crippen molar-refractivity contribution in [2.45, 2.75) is 39.8 Å². The summed E-state index contributed by atoms with van der Waals surface area (Å²) in [5.41, 5.74) is 0.669. The zero-order valence-electron chi connectivity index (χ0n) is 17.3. The zero-order chi connectivity index (χ0) is 21.7. The number of carbonyl (C=O) groups is 2. The number of halogens is 1. The molecule has 0 saturated carbocycles. The number of benzene rings is 1. The van der Waals surface area contributed by atoms with E-state index in [4.69, 9.17) is 21.1 Å². The number of hydrogen-bond acceptors (Lipinski definition) is 7. The smallest absolute Gasteiger partial charge is 0.343 e. The second-order valence-electron chi connectivity index (χ2n) is 6.78. The van der Waals surface area contributed by atoms with Gasteiger partial charge in [-0.05, 0) is 63.2 Å². The average Bonchev–Trinajstić information content (AvgIpc) is 2.94. The van der Waals surface area contributed by atoms with E-state index in [1.54, 1.807) is 23.1 Å². The third-order valence-electron chi connectivity index (χ3n) is 3.83. The van der Waals surface area contributed by atoms with E-state index in [9.17, 15) is 9.59 Å². The maximum atomic E-state index is 12.9. The number of thioether (sulfide) groups is 1. The van der Waals surface area contributed by atoms with Gasteiger partial charge in [0.05, 0.1) is 24.1 Å². The molecule has 0 aromatic heterocycles. The lowest BCUT2D eigenvalue weighted by atomic mass is 10.1. The van der Waals surface area contributed by atoms with Gasteiger partial charge >= 0.3 is 5.97 Å².